The van der Waals surface area contributed by atoms with E-state index >= 15 is 0 Å². The Morgan fingerprint density at radius 2 is 1.74 bits per heavy atom. The molecule has 0 aromatic heterocycles. The number of aryl methyl sites for hydroxylation is 1. The Bertz CT molecular complexity index is 660. The molecule has 2 rings (SSSR count). The lowest BCUT2D eigenvalue weighted by atomic mass is 10.1. The topological polar surface area (TPSA) is 57.7 Å². The lowest BCUT2D eigenvalue weighted by molar-refractivity contribution is 0.0772. The number of carbonyl (C=O) groups is 1. The Morgan fingerprint density at radius 3 is 2.30 bits per heavy atom. The monoisotopic (exact) mass is 338 g/mol. The lowest BCUT2D eigenvalue weighted by Gasteiger charge is -2.27. The molecule has 0 saturated carbocycles. The van der Waals surface area contributed by atoms with E-state index in [9.17, 15) is 13.2 Å². The first kappa shape index (κ1) is 17.9. The predicted molar refractivity (Wildman–Crippen MR) is 91.0 cm³/mol. The van der Waals surface area contributed by atoms with Gasteiger partial charge in [0.25, 0.3) is 5.91 Å². The summed E-state index contributed by atoms with van der Waals surface area (Å²) in [5.74, 6) is -0.120. The van der Waals surface area contributed by atoms with Crippen LogP contribution in [0.2, 0.25) is 0 Å². The van der Waals surface area contributed by atoms with Crippen LogP contribution in [0.5, 0.6) is 0 Å². The van der Waals surface area contributed by atoms with Crippen molar-refractivity contribution in [2.45, 2.75) is 44.9 Å². The van der Waals surface area contributed by atoms with Crippen molar-refractivity contribution in [3.05, 3.63) is 29.3 Å². The highest BCUT2D eigenvalue weighted by molar-refractivity contribution is 7.89. The molecule has 1 heterocycles. The number of piperidine rings is 1. The molecule has 6 heteroatoms. The van der Waals surface area contributed by atoms with Gasteiger partial charge in [0.2, 0.25) is 10.0 Å². The molecule has 1 aromatic rings. The van der Waals surface area contributed by atoms with Gasteiger partial charge in [0.15, 0.2) is 0 Å². The predicted octanol–water partition coefficient (Wildman–Crippen LogP) is 2.65. The van der Waals surface area contributed by atoms with Gasteiger partial charge < -0.3 is 4.90 Å². The van der Waals surface area contributed by atoms with Gasteiger partial charge in [-0.15, -0.1) is 0 Å². The third-order valence-electron chi connectivity index (χ3n) is 4.42. The summed E-state index contributed by atoms with van der Waals surface area (Å²) in [6, 6.07) is 4.98. The normalized spacial score (nSPS) is 16.3. The molecule has 0 N–H and O–H groups in total. The van der Waals surface area contributed by atoms with Crippen LogP contribution in [-0.4, -0.2) is 49.7 Å². The van der Waals surface area contributed by atoms with Crippen LogP contribution >= 0.6 is 0 Å². The quantitative estimate of drug-likeness (QED) is 0.829. The Morgan fingerprint density at radius 1 is 1.13 bits per heavy atom. The maximum Gasteiger partial charge on any atom is 0.253 e. The summed E-state index contributed by atoms with van der Waals surface area (Å²) in [5, 5.41) is 0. The summed E-state index contributed by atoms with van der Waals surface area (Å²) >= 11 is 0. The highest BCUT2D eigenvalue weighted by Crippen LogP contribution is 2.24. The summed E-state index contributed by atoms with van der Waals surface area (Å²) in [4.78, 5) is 14.4. The van der Waals surface area contributed by atoms with Crippen molar-refractivity contribution in [3.63, 3.8) is 0 Å². The zero-order chi connectivity index (χ0) is 17.0. The molecule has 5 nitrogen and oxygen atoms in total. The SMILES string of the molecule is CCN(CC)C(=O)c1ccc(C)c(S(=O)(=O)N2CCCCC2)c1. The van der Waals surface area contributed by atoms with Crippen LogP contribution in [0.25, 0.3) is 0 Å². The van der Waals surface area contributed by atoms with Crippen LogP contribution in [0.3, 0.4) is 0 Å². The Labute approximate surface area is 139 Å². The Balaban J connectivity index is 2.39. The number of amides is 1. The molecule has 0 radical (unpaired) electrons. The number of hydrogen-bond donors (Lipinski definition) is 0. The molecule has 23 heavy (non-hydrogen) atoms. The van der Waals surface area contributed by atoms with Gasteiger partial charge in [0.1, 0.15) is 0 Å². The minimum atomic E-state index is -3.53. The zero-order valence-corrected chi connectivity index (χ0v) is 15.0. The zero-order valence-electron chi connectivity index (χ0n) is 14.2. The molecule has 1 fully saturated rings. The number of hydrogen-bond acceptors (Lipinski definition) is 3. The molecule has 0 spiro atoms. The molecule has 1 aliphatic heterocycles. The maximum atomic E-state index is 12.9. The van der Waals surface area contributed by atoms with E-state index in [0.717, 1.165) is 19.3 Å². The largest absolute Gasteiger partial charge is 0.339 e. The maximum absolute atomic E-state index is 12.9. The molecule has 0 unspecified atom stereocenters. The van der Waals surface area contributed by atoms with Crippen LogP contribution in [-0.2, 0) is 10.0 Å². The standard InChI is InChI=1S/C17H26N2O3S/c1-4-18(5-2)17(20)15-10-9-14(3)16(13-15)23(21,22)19-11-7-6-8-12-19/h9-10,13H,4-8,11-12H2,1-3H3. The van der Waals surface area contributed by atoms with E-state index < -0.39 is 10.0 Å². The van der Waals surface area contributed by atoms with Gasteiger partial charge in [-0.3, -0.25) is 4.79 Å². The van der Waals surface area contributed by atoms with Crippen LogP contribution in [0.4, 0.5) is 0 Å². The molecule has 0 aliphatic carbocycles. The van der Waals surface area contributed by atoms with Gasteiger partial charge in [-0.05, 0) is 51.3 Å². The second-order valence-corrected chi connectivity index (χ2v) is 7.83. The third-order valence-corrected chi connectivity index (χ3v) is 6.46. The number of carbonyl (C=O) groups excluding carboxylic acids is 1. The van der Waals surface area contributed by atoms with Crippen LogP contribution in [0.15, 0.2) is 23.1 Å². The van der Waals surface area contributed by atoms with Crippen molar-refractivity contribution >= 4 is 15.9 Å². The molecule has 128 valence electrons. The molecule has 1 aromatic carbocycles. The minimum absolute atomic E-state index is 0.120. The van der Waals surface area contributed by atoms with Crippen LogP contribution < -0.4 is 0 Å². The molecule has 0 bridgehead atoms. The van der Waals surface area contributed by atoms with E-state index in [2.05, 4.69) is 0 Å². The second-order valence-electron chi connectivity index (χ2n) is 5.92. The number of sulfonamides is 1. The van der Waals surface area contributed by atoms with Crippen LogP contribution in [0.1, 0.15) is 49.0 Å². The Kier molecular flexibility index (Phi) is 5.81. The Hall–Kier alpha value is -1.40. The van der Waals surface area contributed by atoms with Gasteiger partial charge in [-0.25, -0.2) is 8.42 Å². The van der Waals surface area contributed by atoms with E-state index in [0.29, 0.717) is 37.3 Å². The second kappa shape index (κ2) is 7.45. The summed E-state index contributed by atoms with van der Waals surface area (Å²) in [6.07, 6.45) is 2.87. The average molecular weight is 338 g/mol. The third kappa shape index (κ3) is 3.75. The van der Waals surface area contributed by atoms with E-state index in [1.54, 1.807) is 34.3 Å². The number of rotatable bonds is 5. The molecular weight excluding hydrogens is 312 g/mol. The van der Waals surface area contributed by atoms with Crippen LogP contribution in [0, 0.1) is 6.92 Å². The van der Waals surface area contributed by atoms with Crippen molar-refractivity contribution in [1.82, 2.24) is 9.21 Å². The summed E-state index contributed by atoms with van der Waals surface area (Å²) in [7, 11) is -3.53. The summed E-state index contributed by atoms with van der Waals surface area (Å²) < 4.78 is 27.3. The molecular formula is C17H26N2O3S. The summed E-state index contributed by atoms with van der Waals surface area (Å²) in [6.45, 7) is 7.96. The first-order chi connectivity index (χ1) is 10.9. The van der Waals surface area contributed by atoms with Crippen molar-refractivity contribution in [2.24, 2.45) is 0 Å². The first-order valence-corrected chi connectivity index (χ1v) is 9.75. The van der Waals surface area contributed by atoms with Gasteiger partial charge in [-0.2, -0.15) is 4.31 Å². The molecule has 1 aliphatic rings. The average Bonchev–Trinajstić information content (AvgIpc) is 2.57. The number of benzene rings is 1. The van der Waals surface area contributed by atoms with Crippen molar-refractivity contribution in [2.75, 3.05) is 26.2 Å². The van der Waals surface area contributed by atoms with Crippen molar-refractivity contribution < 1.29 is 13.2 Å². The fourth-order valence-corrected chi connectivity index (χ4v) is 4.72. The van der Waals surface area contributed by atoms with Gasteiger partial charge in [0.05, 0.1) is 4.90 Å². The molecule has 1 saturated heterocycles. The highest BCUT2D eigenvalue weighted by Gasteiger charge is 2.28. The smallest absolute Gasteiger partial charge is 0.253 e. The van der Waals surface area contributed by atoms with Crippen molar-refractivity contribution in [1.29, 1.82) is 0 Å². The van der Waals surface area contributed by atoms with Gasteiger partial charge >= 0.3 is 0 Å². The van der Waals surface area contributed by atoms with Gasteiger partial charge in [-0.1, -0.05) is 12.5 Å². The van der Waals surface area contributed by atoms with E-state index in [4.69, 9.17) is 0 Å². The molecule has 0 atom stereocenters. The minimum Gasteiger partial charge on any atom is -0.339 e. The van der Waals surface area contributed by atoms with Crippen molar-refractivity contribution in [3.8, 4) is 0 Å². The van der Waals surface area contributed by atoms with E-state index in [1.165, 1.54) is 0 Å². The fourth-order valence-electron chi connectivity index (χ4n) is 2.95. The first-order valence-electron chi connectivity index (χ1n) is 8.31. The fraction of sp³-hybridized carbons (Fsp3) is 0.588. The van der Waals surface area contributed by atoms with E-state index in [1.807, 2.05) is 13.8 Å². The molecule has 1 amide bonds. The van der Waals surface area contributed by atoms with Gasteiger partial charge in [0, 0.05) is 31.7 Å². The lowest BCUT2D eigenvalue weighted by Crippen LogP contribution is -2.36. The van der Waals surface area contributed by atoms with E-state index in [-0.39, 0.29) is 10.8 Å². The highest BCUT2D eigenvalue weighted by atomic mass is 32.2. The number of nitrogens with zero attached hydrogens (tertiary/aromatic N) is 2. The summed E-state index contributed by atoms with van der Waals surface area (Å²) in [5.41, 5.74) is 1.13.